The summed E-state index contributed by atoms with van der Waals surface area (Å²) in [4.78, 5) is 20.3. The van der Waals surface area contributed by atoms with E-state index in [0.29, 0.717) is 5.75 Å². The molecular weight excluding hydrogens is 412 g/mol. The van der Waals surface area contributed by atoms with E-state index in [0.717, 1.165) is 22.4 Å². The van der Waals surface area contributed by atoms with Crippen molar-refractivity contribution < 1.29 is 14.3 Å². The van der Waals surface area contributed by atoms with E-state index in [1.165, 1.54) is 22.3 Å². The van der Waals surface area contributed by atoms with Crippen molar-refractivity contribution in [2.75, 3.05) is 6.61 Å². The Bertz CT molecular complexity index is 1390. The lowest BCUT2D eigenvalue weighted by Gasteiger charge is -2.14. The molecule has 1 aromatic heterocycles. The lowest BCUT2D eigenvalue weighted by Crippen LogP contribution is -2.15. The van der Waals surface area contributed by atoms with Crippen LogP contribution in [-0.2, 0) is 4.74 Å². The molecule has 1 aliphatic carbocycles. The van der Waals surface area contributed by atoms with E-state index in [1.807, 2.05) is 60.7 Å². The maximum absolute atomic E-state index is 12.4. The molecule has 0 aliphatic heterocycles. The Hall–Kier alpha value is -4.38. The van der Waals surface area contributed by atoms with Crippen LogP contribution in [0.3, 0.4) is 0 Å². The zero-order valence-corrected chi connectivity index (χ0v) is 17.7. The molecule has 5 aromatic rings. The minimum absolute atomic E-state index is 0.000380. The van der Waals surface area contributed by atoms with E-state index in [-0.39, 0.29) is 12.5 Å². The molecule has 0 fully saturated rings. The molecule has 4 aromatic carbocycles. The highest BCUT2D eigenvalue weighted by atomic mass is 16.7. The number of imidazole rings is 1. The minimum atomic E-state index is -0.714. The van der Waals surface area contributed by atoms with Crippen LogP contribution in [0.15, 0.2) is 97.1 Å². The SMILES string of the molecule is O=C(OCC1c2ccccc2-c2ccccc21)Oc1ccc(-c2nc3ccccc3[nH]2)cc1. The van der Waals surface area contributed by atoms with Crippen molar-refractivity contribution in [3.8, 4) is 28.3 Å². The summed E-state index contributed by atoms with van der Waals surface area (Å²) in [5.41, 5.74) is 7.51. The first-order chi connectivity index (χ1) is 16.3. The lowest BCUT2D eigenvalue weighted by molar-refractivity contribution is 0.0965. The van der Waals surface area contributed by atoms with Gasteiger partial charge in [0.2, 0.25) is 0 Å². The number of ether oxygens (including phenoxy) is 2. The largest absolute Gasteiger partial charge is 0.513 e. The smallest absolute Gasteiger partial charge is 0.433 e. The summed E-state index contributed by atoms with van der Waals surface area (Å²) < 4.78 is 10.9. The number of hydrogen-bond acceptors (Lipinski definition) is 4. The van der Waals surface area contributed by atoms with Gasteiger partial charge in [-0.05, 0) is 58.7 Å². The highest BCUT2D eigenvalue weighted by Crippen LogP contribution is 2.44. The molecule has 0 saturated carbocycles. The molecule has 0 amide bonds. The van der Waals surface area contributed by atoms with Gasteiger partial charge in [0.15, 0.2) is 0 Å². The lowest BCUT2D eigenvalue weighted by atomic mass is 9.98. The van der Waals surface area contributed by atoms with Crippen LogP contribution in [0.5, 0.6) is 5.75 Å². The molecule has 6 rings (SSSR count). The van der Waals surface area contributed by atoms with Gasteiger partial charge in [-0.2, -0.15) is 0 Å². The Morgan fingerprint density at radius 1 is 0.788 bits per heavy atom. The van der Waals surface area contributed by atoms with Crippen molar-refractivity contribution in [1.82, 2.24) is 9.97 Å². The first-order valence-electron chi connectivity index (χ1n) is 10.8. The number of rotatable bonds is 4. The number of nitrogens with one attached hydrogen (secondary N) is 1. The summed E-state index contributed by atoms with van der Waals surface area (Å²) in [5.74, 6) is 1.19. The van der Waals surface area contributed by atoms with Crippen LogP contribution in [0, 0.1) is 0 Å². The number of carbonyl (C=O) groups excluding carboxylic acids is 1. The topological polar surface area (TPSA) is 64.2 Å². The van der Waals surface area contributed by atoms with Crippen LogP contribution >= 0.6 is 0 Å². The third-order valence-corrected chi connectivity index (χ3v) is 6.05. The van der Waals surface area contributed by atoms with E-state index < -0.39 is 6.16 Å². The predicted octanol–water partition coefficient (Wildman–Crippen LogP) is 6.56. The normalized spacial score (nSPS) is 12.4. The Morgan fingerprint density at radius 3 is 2.12 bits per heavy atom. The summed E-state index contributed by atoms with van der Waals surface area (Å²) in [6.45, 7) is 0.226. The molecule has 0 spiro atoms. The molecule has 1 N–H and O–H groups in total. The van der Waals surface area contributed by atoms with Gasteiger partial charge in [0.05, 0.1) is 11.0 Å². The minimum Gasteiger partial charge on any atom is -0.433 e. The maximum Gasteiger partial charge on any atom is 0.513 e. The van der Waals surface area contributed by atoms with Gasteiger partial charge >= 0.3 is 6.16 Å². The van der Waals surface area contributed by atoms with Gasteiger partial charge in [-0.1, -0.05) is 60.7 Å². The number of fused-ring (bicyclic) bond motifs is 4. The maximum atomic E-state index is 12.4. The van der Waals surface area contributed by atoms with E-state index in [9.17, 15) is 4.79 Å². The van der Waals surface area contributed by atoms with Crippen LogP contribution in [0.4, 0.5) is 4.79 Å². The summed E-state index contributed by atoms with van der Waals surface area (Å²) in [6, 6.07) is 31.6. The van der Waals surface area contributed by atoms with E-state index in [4.69, 9.17) is 9.47 Å². The van der Waals surface area contributed by atoms with Crippen molar-refractivity contribution in [2.24, 2.45) is 0 Å². The van der Waals surface area contributed by atoms with E-state index in [1.54, 1.807) is 12.1 Å². The van der Waals surface area contributed by atoms with Gasteiger partial charge < -0.3 is 14.5 Å². The second-order valence-electron chi connectivity index (χ2n) is 8.02. The monoisotopic (exact) mass is 432 g/mol. The Labute approximate surface area is 190 Å². The molecule has 1 heterocycles. The van der Waals surface area contributed by atoms with Gasteiger partial charge in [-0.15, -0.1) is 0 Å². The van der Waals surface area contributed by atoms with Gasteiger partial charge in [0.25, 0.3) is 0 Å². The predicted molar refractivity (Wildman–Crippen MR) is 127 cm³/mol. The summed E-state index contributed by atoms with van der Waals surface area (Å²) in [7, 11) is 0. The second-order valence-corrected chi connectivity index (χ2v) is 8.02. The molecule has 0 radical (unpaired) electrons. The van der Waals surface area contributed by atoms with Crippen molar-refractivity contribution >= 4 is 17.2 Å². The first-order valence-corrected chi connectivity index (χ1v) is 10.8. The molecule has 160 valence electrons. The molecule has 5 nitrogen and oxygen atoms in total. The standard InChI is InChI=1S/C28H20N2O3/c31-28(32-17-24-22-9-3-1-7-20(22)21-8-2-4-10-23(21)24)33-19-15-13-18(14-16-19)27-29-25-11-5-6-12-26(25)30-27/h1-16,24H,17H2,(H,29,30). The van der Waals surface area contributed by atoms with Crippen molar-refractivity contribution in [3.05, 3.63) is 108 Å². The number of H-pyrrole nitrogens is 1. The molecule has 0 bridgehead atoms. The van der Waals surface area contributed by atoms with Crippen molar-refractivity contribution in [3.63, 3.8) is 0 Å². The highest BCUT2D eigenvalue weighted by Gasteiger charge is 2.29. The van der Waals surface area contributed by atoms with Crippen LogP contribution in [0.2, 0.25) is 0 Å². The molecule has 0 unspecified atom stereocenters. The summed E-state index contributed by atoms with van der Waals surface area (Å²) in [5, 5.41) is 0. The van der Waals surface area contributed by atoms with E-state index >= 15 is 0 Å². The summed E-state index contributed by atoms with van der Waals surface area (Å²) >= 11 is 0. The zero-order chi connectivity index (χ0) is 22.2. The van der Waals surface area contributed by atoms with Crippen LogP contribution in [-0.4, -0.2) is 22.7 Å². The molecule has 1 aliphatic rings. The zero-order valence-electron chi connectivity index (χ0n) is 17.7. The fraction of sp³-hybridized carbons (Fsp3) is 0.0714. The van der Waals surface area contributed by atoms with Crippen LogP contribution in [0.1, 0.15) is 17.0 Å². The second kappa shape index (κ2) is 7.95. The van der Waals surface area contributed by atoms with Gasteiger partial charge in [-0.25, -0.2) is 9.78 Å². The molecular formula is C28H20N2O3. The fourth-order valence-electron chi connectivity index (χ4n) is 4.49. The van der Waals surface area contributed by atoms with Gasteiger partial charge in [-0.3, -0.25) is 0 Å². The van der Waals surface area contributed by atoms with Gasteiger partial charge in [0, 0.05) is 11.5 Å². The number of carbonyl (C=O) groups is 1. The van der Waals surface area contributed by atoms with Crippen molar-refractivity contribution in [2.45, 2.75) is 5.92 Å². The summed E-state index contributed by atoms with van der Waals surface area (Å²) in [6.07, 6.45) is -0.714. The highest BCUT2D eigenvalue weighted by molar-refractivity contribution is 5.80. The fourth-order valence-corrected chi connectivity index (χ4v) is 4.49. The molecule has 0 atom stereocenters. The average Bonchev–Trinajstić information content (AvgIpc) is 3.43. The number of benzene rings is 4. The Kier molecular flexibility index (Phi) is 4.65. The quantitative estimate of drug-likeness (QED) is 0.258. The molecule has 33 heavy (non-hydrogen) atoms. The van der Waals surface area contributed by atoms with Crippen LogP contribution in [0.25, 0.3) is 33.5 Å². The number of hydrogen-bond donors (Lipinski definition) is 1. The third-order valence-electron chi connectivity index (χ3n) is 6.05. The Morgan fingerprint density at radius 2 is 1.42 bits per heavy atom. The number of para-hydroxylation sites is 2. The van der Waals surface area contributed by atoms with Crippen LogP contribution < -0.4 is 4.74 Å². The van der Waals surface area contributed by atoms with E-state index in [2.05, 4.69) is 34.2 Å². The number of nitrogens with zero attached hydrogens (tertiary/aromatic N) is 1. The van der Waals surface area contributed by atoms with Crippen molar-refractivity contribution in [1.29, 1.82) is 0 Å². The third kappa shape index (κ3) is 3.53. The number of aromatic nitrogens is 2. The Balaban J connectivity index is 1.13. The van der Waals surface area contributed by atoms with Gasteiger partial charge in [0.1, 0.15) is 18.2 Å². The average molecular weight is 432 g/mol. The molecule has 0 saturated heterocycles. The molecule has 5 heteroatoms. The first kappa shape index (κ1) is 19.3. The number of aromatic amines is 1.